The van der Waals surface area contributed by atoms with Gasteiger partial charge in [0.15, 0.2) is 0 Å². The number of rotatable bonds is 3. The third-order valence-corrected chi connectivity index (χ3v) is 4.30. The number of hydrogen-bond donors (Lipinski definition) is 1. The Labute approximate surface area is 72.7 Å². The van der Waals surface area contributed by atoms with Crippen LogP contribution in [0.1, 0.15) is 20.3 Å². The van der Waals surface area contributed by atoms with E-state index in [-0.39, 0.29) is 0 Å². The van der Waals surface area contributed by atoms with Gasteiger partial charge in [0.1, 0.15) is 0 Å². The quantitative estimate of drug-likeness (QED) is 0.693. The molecule has 0 aromatic carbocycles. The Balaban J connectivity index is 2.44. The van der Waals surface area contributed by atoms with Crippen LogP contribution < -0.4 is 5.09 Å². The minimum Gasteiger partial charge on any atom is -0.318 e. The molecule has 0 aromatic rings. The van der Waals surface area contributed by atoms with E-state index in [0.29, 0.717) is 19.3 Å². The summed E-state index contributed by atoms with van der Waals surface area (Å²) < 4.78 is 10.7. The predicted octanol–water partition coefficient (Wildman–Crippen LogP) is 1.65. The number of nitrogens with one attached hydrogen (secondary N) is 1. The van der Waals surface area contributed by atoms with Gasteiger partial charge in [0.25, 0.3) is 6.64 Å². The van der Waals surface area contributed by atoms with Gasteiger partial charge >= 0.3 is 0 Å². The molecule has 5 heteroatoms. The van der Waals surface area contributed by atoms with Gasteiger partial charge < -0.3 is 9.05 Å². The highest BCUT2D eigenvalue weighted by molar-refractivity contribution is 8.09. The van der Waals surface area contributed by atoms with Crippen molar-refractivity contribution in [2.45, 2.75) is 26.3 Å². The molecule has 3 nitrogen and oxygen atoms in total. The average molecular weight is 195 g/mol. The fraction of sp³-hybridized carbons (Fsp3) is 1.00. The van der Waals surface area contributed by atoms with E-state index in [4.69, 9.17) is 20.9 Å². The van der Waals surface area contributed by atoms with E-state index in [1.807, 2.05) is 6.92 Å². The van der Waals surface area contributed by atoms with Crippen LogP contribution in [0, 0.1) is 0 Å². The summed E-state index contributed by atoms with van der Waals surface area (Å²) in [6.07, 6.45) is 1.05. The molecule has 11 heavy (non-hydrogen) atoms. The molecule has 2 unspecified atom stereocenters. The van der Waals surface area contributed by atoms with E-state index in [0.717, 1.165) is 6.42 Å². The molecular formula is C6H14NO2PS. The van der Waals surface area contributed by atoms with Crippen LogP contribution in [-0.4, -0.2) is 19.3 Å². The van der Waals surface area contributed by atoms with E-state index >= 15 is 0 Å². The van der Waals surface area contributed by atoms with Gasteiger partial charge in [-0.05, 0) is 25.2 Å². The highest BCUT2D eigenvalue weighted by Crippen LogP contribution is 2.48. The van der Waals surface area contributed by atoms with Crippen molar-refractivity contribution in [2.75, 3.05) is 13.2 Å². The van der Waals surface area contributed by atoms with Crippen molar-refractivity contribution in [3.8, 4) is 0 Å². The Bertz CT molecular complexity index is 176. The average Bonchev–Trinajstić information content (AvgIpc) is 2.33. The first-order valence-electron chi connectivity index (χ1n) is 3.87. The van der Waals surface area contributed by atoms with E-state index in [1.54, 1.807) is 0 Å². The summed E-state index contributed by atoms with van der Waals surface area (Å²) in [6.45, 7) is 3.31. The largest absolute Gasteiger partial charge is 0.318 e. The van der Waals surface area contributed by atoms with Crippen molar-refractivity contribution >= 4 is 18.4 Å². The Morgan fingerprint density at radius 3 is 2.91 bits per heavy atom. The Morgan fingerprint density at radius 2 is 2.45 bits per heavy atom. The molecular weight excluding hydrogens is 181 g/mol. The molecule has 1 fully saturated rings. The highest BCUT2D eigenvalue weighted by atomic mass is 32.5. The second-order valence-corrected chi connectivity index (χ2v) is 5.66. The molecule has 2 atom stereocenters. The SMILES string of the molecule is CCOP1(=S)NC(CC)CO1. The number of hydrogen-bond acceptors (Lipinski definition) is 3. The van der Waals surface area contributed by atoms with Crippen LogP contribution in [0.5, 0.6) is 0 Å². The van der Waals surface area contributed by atoms with Crippen molar-refractivity contribution in [3.63, 3.8) is 0 Å². The van der Waals surface area contributed by atoms with Crippen molar-refractivity contribution in [1.29, 1.82) is 0 Å². The van der Waals surface area contributed by atoms with Gasteiger partial charge in [-0.3, -0.25) is 0 Å². The molecule has 1 heterocycles. The summed E-state index contributed by atoms with van der Waals surface area (Å²) in [5.74, 6) is 0. The molecule has 0 aliphatic carbocycles. The van der Waals surface area contributed by atoms with Crippen LogP contribution in [0.3, 0.4) is 0 Å². The first-order valence-corrected chi connectivity index (χ1v) is 6.51. The summed E-state index contributed by atoms with van der Waals surface area (Å²) >= 11 is 5.16. The molecule has 66 valence electrons. The maximum atomic E-state index is 5.38. The second-order valence-electron chi connectivity index (χ2n) is 2.45. The zero-order chi connectivity index (χ0) is 8.32. The second kappa shape index (κ2) is 3.97. The fourth-order valence-electron chi connectivity index (χ4n) is 0.940. The summed E-state index contributed by atoms with van der Waals surface area (Å²) in [6, 6.07) is 0.396. The molecule has 1 N–H and O–H groups in total. The van der Waals surface area contributed by atoms with Crippen molar-refractivity contribution < 1.29 is 9.05 Å². The van der Waals surface area contributed by atoms with Crippen molar-refractivity contribution in [2.24, 2.45) is 0 Å². The third kappa shape index (κ3) is 2.49. The van der Waals surface area contributed by atoms with Crippen LogP contribution in [0.2, 0.25) is 0 Å². The lowest BCUT2D eigenvalue weighted by Crippen LogP contribution is -2.20. The van der Waals surface area contributed by atoms with Crippen LogP contribution in [-0.2, 0) is 20.9 Å². The molecule has 1 aliphatic rings. The topological polar surface area (TPSA) is 30.5 Å². The molecule has 0 radical (unpaired) electrons. The van der Waals surface area contributed by atoms with Crippen LogP contribution in [0.15, 0.2) is 0 Å². The molecule has 0 spiro atoms. The molecule has 1 saturated heterocycles. The van der Waals surface area contributed by atoms with Gasteiger partial charge in [-0.1, -0.05) is 6.92 Å². The smallest absolute Gasteiger partial charge is 0.261 e. The lowest BCUT2D eigenvalue weighted by atomic mass is 10.3. The monoisotopic (exact) mass is 195 g/mol. The predicted molar refractivity (Wildman–Crippen MR) is 49.1 cm³/mol. The molecule has 0 aromatic heterocycles. The van der Waals surface area contributed by atoms with E-state index < -0.39 is 6.64 Å². The highest BCUT2D eigenvalue weighted by Gasteiger charge is 2.29. The first-order chi connectivity index (χ1) is 5.20. The molecule has 1 rings (SSSR count). The standard InChI is InChI=1S/C6H14NO2PS/c1-3-6-5-9-10(11,7-6)8-4-2/h6H,3-5H2,1-2H3,(H,7,11). The minimum absolute atomic E-state index is 0.396. The molecule has 1 aliphatic heterocycles. The van der Waals surface area contributed by atoms with Gasteiger partial charge in [0.2, 0.25) is 0 Å². The van der Waals surface area contributed by atoms with Gasteiger partial charge in [0.05, 0.1) is 13.2 Å². The van der Waals surface area contributed by atoms with Crippen LogP contribution >= 0.6 is 6.64 Å². The summed E-state index contributed by atoms with van der Waals surface area (Å²) in [5.41, 5.74) is 0. The Morgan fingerprint density at radius 1 is 1.73 bits per heavy atom. The normalized spacial score (nSPS) is 37.8. The van der Waals surface area contributed by atoms with E-state index in [1.165, 1.54) is 0 Å². The van der Waals surface area contributed by atoms with Crippen molar-refractivity contribution in [3.05, 3.63) is 0 Å². The van der Waals surface area contributed by atoms with Crippen LogP contribution in [0.4, 0.5) is 0 Å². The summed E-state index contributed by atoms with van der Waals surface area (Å²) in [5, 5.41) is 3.20. The molecule has 0 saturated carbocycles. The zero-order valence-corrected chi connectivity index (χ0v) is 8.58. The third-order valence-electron chi connectivity index (χ3n) is 1.58. The molecule has 0 amide bonds. The van der Waals surface area contributed by atoms with Gasteiger partial charge in [0, 0.05) is 6.04 Å². The van der Waals surface area contributed by atoms with Crippen molar-refractivity contribution in [1.82, 2.24) is 5.09 Å². The van der Waals surface area contributed by atoms with Gasteiger partial charge in [-0.2, -0.15) is 0 Å². The molecule has 0 bridgehead atoms. The Hall–Kier alpha value is 0.530. The first kappa shape index (κ1) is 9.62. The van der Waals surface area contributed by atoms with Gasteiger partial charge in [-0.25, -0.2) is 5.09 Å². The van der Waals surface area contributed by atoms with E-state index in [2.05, 4.69) is 12.0 Å². The lowest BCUT2D eigenvalue weighted by molar-refractivity contribution is 0.278. The zero-order valence-electron chi connectivity index (χ0n) is 6.87. The van der Waals surface area contributed by atoms with Crippen LogP contribution in [0.25, 0.3) is 0 Å². The van der Waals surface area contributed by atoms with Gasteiger partial charge in [-0.15, -0.1) is 0 Å². The summed E-state index contributed by atoms with van der Waals surface area (Å²) in [7, 11) is 0. The lowest BCUT2D eigenvalue weighted by Gasteiger charge is -2.13. The maximum absolute atomic E-state index is 5.38. The van der Waals surface area contributed by atoms with E-state index in [9.17, 15) is 0 Å². The summed E-state index contributed by atoms with van der Waals surface area (Å²) in [4.78, 5) is 0. The Kier molecular flexibility index (Phi) is 3.47. The minimum atomic E-state index is -2.06. The fourth-order valence-corrected chi connectivity index (χ4v) is 3.53. The maximum Gasteiger partial charge on any atom is 0.261 e.